The van der Waals surface area contributed by atoms with Gasteiger partial charge in [0.1, 0.15) is 0 Å². The van der Waals surface area contributed by atoms with E-state index < -0.39 is 0 Å². The summed E-state index contributed by atoms with van der Waals surface area (Å²) in [4.78, 5) is 6.52. The number of ether oxygens (including phenoxy) is 1. The number of hydrogen-bond donors (Lipinski definition) is 2. The molecule has 6 heteroatoms. The molecule has 0 amide bonds. The zero-order chi connectivity index (χ0) is 12.3. The first kappa shape index (κ1) is 12.2. The molecule has 1 fully saturated rings. The second-order valence-corrected chi connectivity index (χ2v) is 4.91. The van der Waals surface area contributed by atoms with Crippen molar-refractivity contribution in [3.05, 3.63) is 0 Å². The van der Waals surface area contributed by atoms with Gasteiger partial charge in [-0.05, 0) is 31.7 Å². The van der Waals surface area contributed by atoms with E-state index in [1.165, 1.54) is 6.42 Å². The number of nitrogens with two attached hydrogens (primary N) is 1. The van der Waals surface area contributed by atoms with Gasteiger partial charge in [-0.2, -0.15) is 4.98 Å². The molecule has 1 saturated heterocycles. The van der Waals surface area contributed by atoms with E-state index in [-0.39, 0.29) is 5.41 Å². The normalized spacial score (nSPS) is 25.0. The molecule has 1 aromatic rings. The van der Waals surface area contributed by atoms with Gasteiger partial charge < -0.3 is 15.4 Å². The molecule has 17 heavy (non-hydrogen) atoms. The molecular weight excluding hydrogens is 218 g/mol. The first-order chi connectivity index (χ1) is 8.17. The van der Waals surface area contributed by atoms with E-state index in [1.54, 1.807) is 0 Å². The average Bonchev–Trinajstić information content (AvgIpc) is 2.78. The highest BCUT2D eigenvalue weighted by Crippen LogP contribution is 2.30. The molecule has 0 radical (unpaired) electrons. The van der Waals surface area contributed by atoms with Crippen LogP contribution in [0, 0.1) is 5.41 Å². The fourth-order valence-corrected chi connectivity index (χ4v) is 2.24. The lowest BCUT2D eigenvalue weighted by molar-refractivity contribution is 0.269. The molecule has 0 saturated carbocycles. The van der Waals surface area contributed by atoms with Gasteiger partial charge in [0.05, 0.1) is 6.61 Å². The maximum absolute atomic E-state index is 5.83. The van der Waals surface area contributed by atoms with Crippen LogP contribution < -0.4 is 15.4 Å². The average molecular weight is 239 g/mol. The van der Waals surface area contributed by atoms with Gasteiger partial charge in [0.25, 0.3) is 0 Å². The molecule has 1 aliphatic rings. The van der Waals surface area contributed by atoms with Crippen LogP contribution in [0.4, 0.5) is 5.95 Å². The van der Waals surface area contributed by atoms with E-state index in [1.807, 2.05) is 6.92 Å². The Hall–Kier alpha value is -1.30. The van der Waals surface area contributed by atoms with Gasteiger partial charge >= 0.3 is 6.01 Å². The number of anilines is 1. The Balaban J connectivity index is 2.05. The lowest BCUT2D eigenvalue weighted by Gasteiger charge is -2.39. The van der Waals surface area contributed by atoms with Gasteiger partial charge in [-0.1, -0.05) is 6.92 Å². The predicted molar refractivity (Wildman–Crippen MR) is 66.2 cm³/mol. The maximum atomic E-state index is 5.83. The smallest absolute Gasteiger partial charge is 0.337 e. The number of hydrogen-bond acceptors (Lipinski definition) is 5. The fraction of sp³-hybridized carbons (Fsp3) is 0.818. The first-order valence-corrected chi connectivity index (χ1v) is 6.17. The second kappa shape index (κ2) is 4.91. The Morgan fingerprint density at radius 1 is 1.59 bits per heavy atom. The minimum Gasteiger partial charge on any atom is -0.463 e. The van der Waals surface area contributed by atoms with E-state index in [9.17, 15) is 0 Å². The Bertz CT molecular complexity index is 366. The summed E-state index contributed by atoms with van der Waals surface area (Å²) in [6.07, 6.45) is 2.31. The Morgan fingerprint density at radius 3 is 3.12 bits per heavy atom. The van der Waals surface area contributed by atoms with E-state index in [2.05, 4.69) is 27.0 Å². The minimum absolute atomic E-state index is 0.177. The van der Waals surface area contributed by atoms with Gasteiger partial charge in [-0.25, -0.2) is 5.10 Å². The molecule has 96 valence electrons. The Labute approximate surface area is 102 Å². The maximum Gasteiger partial charge on any atom is 0.337 e. The third-order valence-electron chi connectivity index (χ3n) is 3.30. The van der Waals surface area contributed by atoms with E-state index in [0.717, 1.165) is 25.5 Å². The van der Waals surface area contributed by atoms with Crippen LogP contribution in [0.5, 0.6) is 6.01 Å². The summed E-state index contributed by atoms with van der Waals surface area (Å²) in [6, 6.07) is 0.419. The molecule has 0 spiro atoms. The molecule has 6 nitrogen and oxygen atoms in total. The van der Waals surface area contributed by atoms with Crippen molar-refractivity contribution in [3.63, 3.8) is 0 Å². The molecule has 1 aliphatic heterocycles. The number of aromatic nitrogens is 3. The van der Waals surface area contributed by atoms with Gasteiger partial charge in [0.2, 0.25) is 5.95 Å². The standard InChI is InChI=1S/C11H21N5O/c1-3-17-10-13-9(14-15-10)16-6-4-5-11(2,7-12)8-16/h3-8,12H2,1-2H3,(H,13,14,15). The molecule has 0 aliphatic carbocycles. The van der Waals surface area contributed by atoms with E-state index in [0.29, 0.717) is 19.2 Å². The fourth-order valence-electron chi connectivity index (χ4n) is 2.24. The predicted octanol–water partition coefficient (Wildman–Crippen LogP) is 0.769. The largest absolute Gasteiger partial charge is 0.463 e. The van der Waals surface area contributed by atoms with Crippen molar-refractivity contribution in [2.45, 2.75) is 26.7 Å². The molecule has 2 heterocycles. The van der Waals surface area contributed by atoms with Crippen LogP contribution in [0.1, 0.15) is 26.7 Å². The van der Waals surface area contributed by atoms with Crippen LogP contribution in [-0.2, 0) is 0 Å². The van der Waals surface area contributed by atoms with Crippen molar-refractivity contribution in [2.24, 2.45) is 11.1 Å². The van der Waals surface area contributed by atoms with Crippen LogP contribution in [-0.4, -0.2) is 41.4 Å². The van der Waals surface area contributed by atoms with Crippen LogP contribution >= 0.6 is 0 Å². The summed E-state index contributed by atoms with van der Waals surface area (Å²) in [5, 5.41) is 6.94. The third-order valence-corrected chi connectivity index (χ3v) is 3.30. The zero-order valence-electron chi connectivity index (χ0n) is 10.6. The second-order valence-electron chi connectivity index (χ2n) is 4.91. The lowest BCUT2D eigenvalue weighted by Crippen LogP contribution is -2.46. The molecule has 3 N–H and O–H groups in total. The minimum atomic E-state index is 0.177. The summed E-state index contributed by atoms with van der Waals surface area (Å²) < 4.78 is 5.25. The molecule has 1 atom stereocenters. The summed E-state index contributed by atoms with van der Waals surface area (Å²) in [6.45, 7) is 7.34. The van der Waals surface area contributed by atoms with Gasteiger partial charge in [0, 0.05) is 13.1 Å². The lowest BCUT2D eigenvalue weighted by atomic mass is 9.82. The van der Waals surface area contributed by atoms with Crippen molar-refractivity contribution in [1.29, 1.82) is 0 Å². The summed E-state index contributed by atoms with van der Waals surface area (Å²) in [5.41, 5.74) is 6.01. The highest BCUT2D eigenvalue weighted by atomic mass is 16.5. The highest BCUT2D eigenvalue weighted by Gasteiger charge is 2.31. The molecule has 1 unspecified atom stereocenters. The number of nitrogens with zero attached hydrogens (tertiary/aromatic N) is 3. The molecule has 2 rings (SSSR count). The number of H-pyrrole nitrogens is 1. The third kappa shape index (κ3) is 2.69. The number of nitrogens with one attached hydrogen (secondary N) is 1. The van der Waals surface area contributed by atoms with Gasteiger partial charge in [0.15, 0.2) is 0 Å². The van der Waals surface area contributed by atoms with Gasteiger partial charge in [-0.15, -0.1) is 5.10 Å². The summed E-state index contributed by atoms with van der Waals surface area (Å²) >= 11 is 0. The Kier molecular flexibility index (Phi) is 3.51. The number of piperidine rings is 1. The van der Waals surface area contributed by atoms with Crippen molar-refractivity contribution >= 4 is 5.95 Å². The Morgan fingerprint density at radius 2 is 2.41 bits per heavy atom. The van der Waals surface area contributed by atoms with Crippen molar-refractivity contribution in [2.75, 3.05) is 31.1 Å². The molecule has 0 bridgehead atoms. The molecule has 1 aromatic heterocycles. The molecular formula is C11H21N5O. The van der Waals surface area contributed by atoms with Crippen molar-refractivity contribution in [3.8, 4) is 6.01 Å². The van der Waals surface area contributed by atoms with E-state index in [4.69, 9.17) is 10.5 Å². The quantitative estimate of drug-likeness (QED) is 0.811. The molecule has 0 aromatic carbocycles. The zero-order valence-corrected chi connectivity index (χ0v) is 10.6. The number of aromatic amines is 1. The first-order valence-electron chi connectivity index (χ1n) is 6.17. The van der Waals surface area contributed by atoms with Crippen LogP contribution in [0.3, 0.4) is 0 Å². The number of rotatable bonds is 4. The topological polar surface area (TPSA) is 80.1 Å². The van der Waals surface area contributed by atoms with Crippen molar-refractivity contribution < 1.29 is 4.74 Å². The van der Waals surface area contributed by atoms with Gasteiger partial charge in [-0.3, -0.25) is 0 Å². The summed E-state index contributed by atoms with van der Waals surface area (Å²) in [5.74, 6) is 0.785. The van der Waals surface area contributed by atoms with E-state index >= 15 is 0 Å². The summed E-state index contributed by atoms with van der Waals surface area (Å²) in [7, 11) is 0. The highest BCUT2D eigenvalue weighted by molar-refractivity contribution is 5.31. The van der Waals surface area contributed by atoms with Crippen LogP contribution in [0.15, 0.2) is 0 Å². The van der Waals surface area contributed by atoms with Crippen LogP contribution in [0.2, 0.25) is 0 Å². The SMILES string of the molecule is CCOc1n[nH]c(N2CCCC(C)(CN)C2)n1. The monoisotopic (exact) mass is 239 g/mol. The van der Waals surface area contributed by atoms with Crippen LogP contribution in [0.25, 0.3) is 0 Å². The van der Waals surface area contributed by atoms with Crippen molar-refractivity contribution in [1.82, 2.24) is 15.2 Å².